The van der Waals surface area contributed by atoms with Crippen molar-refractivity contribution < 1.29 is 14.3 Å². The third kappa shape index (κ3) is 5.23. The maximum Gasteiger partial charge on any atom is 0.234 e. The van der Waals surface area contributed by atoms with Gasteiger partial charge in [0.25, 0.3) is 0 Å². The first-order valence-electron chi connectivity index (χ1n) is 7.07. The monoisotopic (exact) mass is 385 g/mol. The molecule has 0 bridgehead atoms. The Morgan fingerprint density at radius 3 is 2.38 bits per heavy atom. The summed E-state index contributed by atoms with van der Waals surface area (Å²) < 4.78 is 10.4. The normalized spacial score (nSPS) is 10.3. The molecule has 1 amide bonds. The predicted molar refractivity (Wildman–Crippen MR) is 101 cm³/mol. The Bertz CT molecular complexity index is 708. The third-order valence-corrected chi connectivity index (χ3v) is 4.71. The van der Waals surface area contributed by atoms with Crippen LogP contribution in [0.25, 0.3) is 0 Å². The number of rotatable bonds is 7. The predicted octanol–water partition coefficient (Wildman–Crippen LogP) is 4.88. The Morgan fingerprint density at radius 2 is 1.75 bits per heavy atom. The Labute approximate surface area is 155 Å². The molecule has 1 N–H and O–H groups in total. The Morgan fingerprint density at radius 1 is 1.08 bits per heavy atom. The van der Waals surface area contributed by atoms with Crippen LogP contribution in [0.2, 0.25) is 10.0 Å². The van der Waals surface area contributed by atoms with Gasteiger partial charge in [-0.3, -0.25) is 4.79 Å². The van der Waals surface area contributed by atoms with Crippen molar-refractivity contribution in [3.05, 3.63) is 52.0 Å². The van der Waals surface area contributed by atoms with Crippen molar-refractivity contribution in [2.24, 2.45) is 0 Å². The van der Waals surface area contributed by atoms with E-state index in [1.54, 1.807) is 12.1 Å². The maximum absolute atomic E-state index is 12.1. The summed E-state index contributed by atoms with van der Waals surface area (Å²) in [4.78, 5) is 12.1. The molecular formula is C17H17Cl2NO3S. The molecule has 0 atom stereocenters. The number of amides is 1. The van der Waals surface area contributed by atoms with Crippen LogP contribution in [0, 0.1) is 0 Å². The van der Waals surface area contributed by atoms with Gasteiger partial charge < -0.3 is 14.8 Å². The van der Waals surface area contributed by atoms with Crippen LogP contribution in [0.5, 0.6) is 11.5 Å². The van der Waals surface area contributed by atoms with Crippen molar-refractivity contribution in [3.8, 4) is 11.5 Å². The van der Waals surface area contributed by atoms with Gasteiger partial charge in [0.1, 0.15) is 11.5 Å². The number of benzene rings is 2. The first-order valence-corrected chi connectivity index (χ1v) is 8.98. The number of ether oxygens (including phenoxy) is 2. The molecule has 0 fully saturated rings. The number of halogens is 2. The minimum absolute atomic E-state index is 0.131. The van der Waals surface area contributed by atoms with Crippen molar-refractivity contribution in [2.75, 3.05) is 25.3 Å². The number of methoxy groups -OCH3 is 2. The van der Waals surface area contributed by atoms with E-state index in [0.29, 0.717) is 33.0 Å². The summed E-state index contributed by atoms with van der Waals surface area (Å²) in [6.45, 7) is 0. The molecule has 2 aromatic rings. The lowest BCUT2D eigenvalue weighted by Gasteiger charge is -2.13. The van der Waals surface area contributed by atoms with Crippen LogP contribution in [0.4, 0.5) is 5.69 Å². The first-order chi connectivity index (χ1) is 11.5. The van der Waals surface area contributed by atoms with Crippen molar-refractivity contribution in [2.45, 2.75) is 5.75 Å². The molecule has 2 rings (SSSR count). The summed E-state index contributed by atoms with van der Waals surface area (Å²) >= 11 is 13.4. The van der Waals surface area contributed by atoms with Crippen LogP contribution in [-0.2, 0) is 10.5 Å². The number of hydrogen-bond donors (Lipinski definition) is 1. The van der Waals surface area contributed by atoms with Crippen LogP contribution in [0.3, 0.4) is 0 Å². The highest BCUT2D eigenvalue weighted by Gasteiger charge is 2.12. The van der Waals surface area contributed by atoms with E-state index in [1.165, 1.54) is 26.0 Å². The molecule has 0 aliphatic carbocycles. The van der Waals surface area contributed by atoms with Crippen molar-refractivity contribution >= 4 is 46.6 Å². The first kappa shape index (κ1) is 18.8. The van der Waals surface area contributed by atoms with Crippen LogP contribution in [0.1, 0.15) is 5.56 Å². The number of thioether (sulfide) groups is 1. The van der Waals surface area contributed by atoms with Gasteiger partial charge in [0.15, 0.2) is 0 Å². The summed E-state index contributed by atoms with van der Waals surface area (Å²) in [7, 11) is 3.04. The van der Waals surface area contributed by atoms with E-state index in [9.17, 15) is 4.79 Å². The quantitative estimate of drug-likeness (QED) is 0.737. The van der Waals surface area contributed by atoms with Gasteiger partial charge in [-0.1, -0.05) is 35.3 Å². The van der Waals surface area contributed by atoms with Gasteiger partial charge in [0.05, 0.1) is 30.7 Å². The van der Waals surface area contributed by atoms with Crippen molar-refractivity contribution in [1.82, 2.24) is 0 Å². The lowest BCUT2D eigenvalue weighted by Crippen LogP contribution is -2.15. The average molecular weight is 386 g/mol. The number of carbonyl (C=O) groups excluding carboxylic acids is 1. The molecule has 0 aromatic heterocycles. The summed E-state index contributed by atoms with van der Waals surface area (Å²) in [6, 6.07) is 10.8. The second kappa shape index (κ2) is 9.06. The minimum atomic E-state index is -0.131. The number of nitrogens with one attached hydrogen (secondary N) is 1. The summed E-state index contributed by atoms with van der Waals surface area (Å²) in [6.07, 6.45) is 0. The van der Waals surface area contributed by atoms with Gasteiger partial charge in [-0.25, -0.2) is 0 Å². The fraction of sp³-hybridized carbons (Fsp3) is 0.235. The van der Waals surface area contributed by atoms with Crippen LogP contribution < -0.4 is 14.8 Å². The molecule has 0 saturated carbocycles. The van der Waals surface area contributed by atoms with Gasteiger partial charge >= 0.3 is 0 Å². The van der Waals surface area contributed by atoms with E-state index in [0.717, 1.165) is 11.3 Å². The summed E-state index contributed by atoms with van der Waals surface area (Å²) in [5.74, 6) is 1.89. The van der Waals surface area contributed by atoms with E-state index < -0.39 is 0 Å². The van der Waals surface area contributed by atoms with Crippen LogP contribution in [0.15, 0.2) is 36.4 Å². The second-order valence-corrected chi connectivity index (χ2v) is 6.68. The van der Waals surface area contributed by atoms with Gasteiger partial charge in [-0.15, -0.1) is 11.8 Å². The van der Waals surface area contributed by atoms with Gasteiger partial charge in [-0.05, 0) is 23.8 Å². The lowest BCUT2D eigenvalue weighted by atomic mass is 10.2. The Kier molecular flexibility index (Phi) is 7.09. The molecule has 0 unspecified atom stereocenters. The second-order valence-electron chi connectivity index (χ2n) is 4.85. The van der Waals surface area contributed by atoms with E-state index in [-0.39, 0.29) is 5.91 Å². The molecule has 4 nitrogen and oxygen atoms in total. The van der Waals surface area contributed by atoms with Crippen LogP contribution >= 0.6 is 35.0 Å². The standard InChI is InChI=1S/C17H17Cl2NO3S/c1-22-15-8-16(23-2)14(7-13(15)19)20-17(21)10-24-9-11-3-5-12(18)6-4-11/h3-8H,9-10H2,1-2H3,(H,20,21). The highest BCUT2D eigenvalue weighted by atomic mass is 35.5. The molecule has 0 saturated heterocycles. The average Bonchev–Trinajstić information content (AvgIpc) is 2.57. The highest BCUT2D eigenvalue weighted by Crippen LogP contribution is 2.35. The molecule has 0 heterocycles. The smallest absolute Gasteiger partial charge is 0.234 e. The maximum atomic E-state index is 12.1. The van der Waals surface area contributed by atoms with Gasteiger partial charge in [0.2, 0.25) is 5.91 Å². The van der Waals surface area contributed by atoms with E-state index in [4.69, 9.17) is 32.7 Å². The molecule has 0 radical (unpaired) electrons. The fourth-order valence-corrected chi connectivity index (χ4v) is 3.14. The Hall–Kier alpha value is -1.56. The highest BCUT2D eigenvalue weighted by molar-refractivity contribution is 7.99. The minimum Gasteiger partial charge on any atom is -0.495 e. The molecule has 0 spiro atoms. The topological polar surface area (TPSA) is 47.6 Å². The number of carbonyl (C=O) groups is 1. The SMILES string of the molecule is COc1cc(OC)c(NC(=O)CSCc2ccc(Cl)cc2)cc1Cl. The number of hydrogen-bond acceptors (Lipinski definition) is 4. The Balaban J connectivity index is 1.92. The van der Waals surface area contributed by atoms with E-state index in [2.05, 4.69) is 5.32 Å². The zero-order chi connectivity index (χ0) is 17.5. The molecule has 7 heteroatoms. The molecule has 2 aromatic carbocycles. The molecular weight excluding hydrogens is 369 g/mol. The lowest BCUT2D eigenvalue weighted by molar-refractivity contribution is -0.113. The largest absolute Gasteiger partial charge is 0.495 e. The fourth-order valence-electron chi connectivity index (χ4n) is 1.99. The van der Waals surface area contributed by atoms with Gasteiger partial charge in [-0.2, -0.15) is 0 Å². The molecule has 24 heavy (non-hydrogen) atoms. The van der Waals surface area contributed by atoms with Gasteiger partial charge in [0, 0.05) is 16.8 Å². The zero-order valence-electron chi connectivity index (χ0n) is 13.3. The summed E-state index contributed by atoms with van der Waals surface area (Å²) in [5.41, 5.74) is 1.63. The van der Waals surface area contributed by atoms with Crippen molar-refractivity contribution in [1.29, 1.82) is 0 Å². The van der Waals surface area contributed by atoms with Crippen molar-refractivity contribution in [3.63, 3.8) is 0 Å². The third-order valence-electron chi connectivity index (χ3n) is 3.16. The van der Waals surface area contributed by atoms with E-state index >= 15 is 0 Å². The molecule has 0 aliphatic rings. The van der Waals surface area contributed by atoms with E-state index in [1.807, 2.05) is 24.3 Å². The molecule has 128 valence electrons. The zero-order valence-corrected chi connectivity index (χ0v) is 15.6. The molecule has 0 aliphatic heterocycles. The summed E-state index contributed by atoms with van der Waals surface area (Å²) in [5, 5.41) is 3.91. The van der Waals surface area contributed by atoms with Crippen LogP contribution in [-0.4, -0.2) is 25.9 Å². The number of anilines is 1.